The van der Waals surface area contributed by atoms with E-state index in [1.807, 2.05) is 6.92 Å². The second-order valence-electron chi connectivity index (χ2n) is 3.79. The average Bonchev–Trinajstić information content (AvgIpc) is 2.01. The average molecular weight is 172 g/mol. The molecule has 0 spiro atoms. The van der Waals surface area contributed by atoms with Gasteiger partial charge in [-0.25, -0.2) is 0 Å². The van der Waals surface area contributed by atoms with Gasteiger partial charge in [-0.3, -0.25) is 0 Å². The molecule has 0 amide bonds. The Bertz CT molecular complexity index is 128. The molecule has 0 aromatic carbocycles. The van der Waals surface area contributed by atoms with Gasteiger partial charge in [-0.05, 0) is 20.3 Å². The topological polar surface area (TPSA) is 35.5 Å². The van der Waals surface area contributed by atoms with Crippen molar-refractivity contribution in [2.24, 2.45) is 0 Å². The number of rotatable bonds is 3. The van der Waals surface area contributed by atoms with Gasteiger partial charge in [-0.15, -0.1) is 0 Å². The van der Waals surface area contributed by atoms with E-state index in [-0.39, 0.29) is 6.10 Å². The minimum atomic E-state index is -0.157. The van der Waals surface area contributed by atoms with Crippen LogP contribution in [0.4, 0.5) is 0 Å². The molecule has 72 valence electrons. The number of piperazine rings is 1. The fraction of sp³-hybridized carbons (Fsp3) is 1.00. The predicted octanol–water partition coefficient (Wildman–Crippen LogP) is 0.0510. The summed E-state index contributed by atoms with van der Waals surface area (Å²) in [6.07, 6.45) is 0.738. The van der Waals surface area contributed by atoms with Gasteiger partial charge in [0.05, 0.1) is 6.10 Å². The van der Waals surface area contributed by atoms with Crippen LogP contribution in [0.5, 0.6) is 0 Å². The fourth-order valence-corrected chi connectivity index (χ4v) is 1.58. The van der Waals surface area contributed by atoms with E-state index in [0.29, 0.717) is 6.04 Å². The highest BCUT2D eigenvalue weighted by atomic mass is 16.3. The van der Waals surface area contributed by atoms with Crippen molar-refractivity contribution in [2.75, 3.05) is 26.2 Å². The maximum atomic E-state index is 9.11. The lowest BCUT2D eigenvalue weighted by atomic mass is 10.2. The van der Waals surface area contributed by atoms with Crippen LogP contribution in [0.3, 0.4) is 0 Å². The minimum Gasteiger partial charge on any atom is -0.393 e. The first kappa shape index (κ1) is 9.96. The van der Waals surface area contributed by atoms with Crippen LogP contribution in [0.25, 0.3) is 0 Å². The highest BCUT2D eigenvalue weighted by Crippen LogP contribution is 2.00. The van der Waals surface area contributed by atoms with Crippen LogP contribution in [0, 0.1) is 0 Å². The Morgan fingerprint density at radius 2 is 2.42 bits per heavy atom. The van der Waals surface area contributed by atoms with E-state index in [2.05, 4.69) is 17.1 Å². The summed E-state index contributed by atoms with van der Waals surface area (Å²) in [5.41, 5.74) is 0. The van der Waals surface area contributed by atoms with Crippen molar-refractivity contribution in [2.45, 2.75) is 32.4 Å². The summed E-state index contributed by atoms with van der Waals surface area (Å²) in [6, 6.07) is 0.604. The number of hydrogen-bond donors (Lipinski definition) is 2. The van der Waals surface area contributed by atoms with Gasteiger partial charge in [0.25, 0.3) is 0 Å². The second kappa shape index (κ2) is 4.80. The Balaban J connectivity index is 2.14. The zero-order valence-corrected chi connectivity index (χ0v) is 8.08. The van der Waals surface area contributed by atoms with E-state index in [1.54, 1.807) is 0 Å². The molecule has 3 nitrogen and oxygen atoms in total. The maximum absolute atomic E-state index is 9.11. The summed E-state index contributed by atoms with van der Waals surface area (Å²) in [5, 5.41) is 12.5. The van der Waals surface area contributed by atoms with Crippen LogP contribution in [0.2, 0.25) is 0 Å². The molecule has 0 aromatic rings. The monoisotopic (exact) mass is 172 g/mol. The quantitative estimate of drug-likeness (QED) is 0.631. The van der Waals surface area contributed by atoms with Crippen LogP contribution in [0.15, 0.2) is 0 Å². The van der Waals surface area contributed by atoms with Gasteiger partial charge < -0.3 is 15.3 Å². The Hall–Kier alpha value is -0.120. The van der Waals surface area contributed by atoms with Gasteiger partial charge in [-0.2, -0.15) is 0 Å². The van der Waals surface area contributed by atoms with Gasteiger partial charge in [-0.1, -0.05) is 0 Å². The minimum absolute atomic E-state index is 0.157. The van der Waals surface area contributed by atoms with Crippen molar-refractivity contribution >= 4 is 0 Å². The third-order valence-corrected chi connectivity index (χ3v) is 2.32. The smallest absolute Gasteiger partial charge is 0.0524 e. The molecule has 1 saturated heterocycles. The van der Waals surface area contributed by atoms with Gasteiger partial charge in [0.2, 0.25) is 0 Å². The van der Waals surface area contributed by atoms with Crippen LogP contribution >= 0.6 is 0 Å². The molecular weight excluding hydrogens is 152 g/mol. The van der Waals surface area contributed by atoms with Crippen molar-refractivity contribution in [1.29, 1.82) is 0 Å². The number of hydrogen-bond acceptors (Lipinski definition) is 3. The van der Waals surface area contributed by atoms with E-state index in [0.717, 1.165) is 32.6 Å². The number of aliphatic hydroxyl groups excluding tert-OH is 1. The highest BCUT2D eigenvalue weighted by Gasteiger charge is 2.14. The summed E-state index contributed by atoms with van der Waals surface area (Å²) < 4.78 is 0. The van der Waals surface area contributed by atoms with Crippen LogP contribution < -0.4 is 5.32 Å². The van der Waals surface area contributed by atoms with Crippen molar-refractivity contribution in [3.05, 3.63) is 0 Å². The standard InChI is InChI=1S/C9H20N2O/c1-8-7-11(6-4-10-8)5-3-9(2)12/h8-10,12H,3-7H2,1-2H3/t8-,9?/m0/s1. The zero-order chi connectivity index (χ0) is 8.97. The normalized spacial score (nSPS) is 28.8. The molecular formula is C9H20N2O. The molecule has 1 rings (SSSR count). The highest BCUT2D eigenvalue weighted by molar-refractivity contribution is 4.74. The molecule has 0 aliphatic carbocycles. The lowest BCUT2D eigenvalue weighted by Gasteiger charge is -2.32. The number of nitrogens with one attached hydrogen (secondary N) is 1. The first-order chi connectivity index (χ1) is 5.68. The van der Waals surface area contributed by atoms with E-state index < -0.39 is 0 Å². The summed E-state index contributed by atoms with van der Waals surface area (Å²) in [5.74, 6) is 0. The third-order valence-electron chi connectivity index (χ3n) is 2.32. The molecule has 1 aliphatic rings. The van der Waals surface area contributed by atoms with Gasteiger partial charge >= 0.3 is 0 Å². The molecule has 0 aromatic heterocycles. The van der Waals surface area contributed by atoms with E-state index in [9.17, 15) is 0 Å². The zero-order valence-electron chi connectivity index (χ0n) is 8.08. The second-order valence-corrected chi connectivity index (χ2v) is 3.79. The lowest BCUT2D eigenvalue weighted by molar-refractivity contribution is 0.141. The lowest BCUT2D eigenvalue weighted by Crippen LogP contribution is -2.49. The van der Waals surface area contributed by atoms with Gasteiger partial charge in [0.1, 0.15) is 0 Å². The Kier molecular flexibility index (Phi) is 3.98. The largest absolute Gasteiger partial charge is 0.393 e. The molecule has 12 heavy (non-hydrogen) atoms. The Morgan fingerprint density at radius 3 is 3.00 bits per heavy atom. The SMILES string of the molecule is CC(O)CCN1CCN[C@@H](C)C1. The summed E-state index contributed by atoms with van der Waals surface area (Å²) >= 11 is 0. The van der Waals surface area contributed by atoms with E-state index >= 15 is 0 Å². The molecule has 0 radical (unpaired) electrons. The van der Waals surface area contributed by atoms with Gasteiger partial charge in [0.15, 0.2) is 0 Å². The first-order valence-electron chi connectivity index (χ1n) is 4.82. The molecule has 2 atom stereocenters. The third kappa shape index (κ3) is 3.52. The molecule has 3 heteroatoms. The predicted molar refractivity (Wildman–Crippen MR) is 50.2 cm³/mol. The van der Waals surface area contributed by atoms with Crippen molar-refractivity contribution in [3.8, 4) is 0 Å². The molecule has 1 aliphatic heterocycles. The summed E-state index contributed by atoms with van der Waals surface area (Å²) in [7, 11) is 0. The van der Waals surface area contributed by atoms with Crippen molar-refractivity contribution in [1.82, 2.24) is 10.2 Å². The maximum Gasteiger partial charge on any atom is 0.0524 e. The van der Waals surface area contributed by atoms with Crippen LogP contribution in [-0.4, -0.2) is 48.3 Å². The fourth-order valence-electron chi connectivity index (χ4n) is 1.58. The Labute approximate surface area is 74.8 Å². The molecule has 2 N–H and O–H groups in total. The van der Waals surface area contributed by atoms with Crippen molar-refractivity contribution in [3.63, 3.8) is 0 Å². The molecule has 1 fully saturated rings. The summed E-state index contributed by atoms with van der Waals surface area (Å²) in [6.45, 7) is 8.41. The first-order valence-corrected chi connectivity index (χ1v) is 4.82. The molecule has 1 heterocycles. The summed E-state index contributed by atoms with van der Waals surface area (Å²) in [4.78, 5) is 2.41. The Morgan fingerprint density at radius 1 is 1.67 bits per heavy atom. The van der Waals surface area contributed by atoms with E-state index in [4.69, 9.17) is 5.11 Å². The van der Waals surface area contributed by atoms with Crippen molar-refractivity contribution < 1.29 is 5.11 Å². The number of nitrogens with zero attached hydrogens (tertiary/aromatic N) is 1. The molecule has 0 bridgehead atoms. The van der Waals surface area contributed by atoms with E-state index in [1.165, 1.54) is 0 Å². The van der Waals surface area contributed by atoms with Gasteiger partial charge in [0, 0.05) is 32.2 Å². The van der Waals surface area contributed by atoms with Crippen LogP contribution in [-0.2, 0) is 0 Å². The molecule has 1 unspecified atom stereocenters. The molecule has 0 saturated carbocycles. The van der Waals surface area contributed by atoms with Crippen LogP contribution in [0.1, 0.15) is 20.3 Å². The number of aliphatic hydroxyl groups is 1.